The van der Waals surface area contributed by atoms with Crippen LogP contribution in [0.4, 0.5) is 0 Å². The Labute approximate surface area is 131 Å². The minimum Gasteiger partial charge on any atom is -0.352 e. The molecule has 3 rings (SSSR count). The van der Waals surface area contributed by atoms with E-state index in [0.717, 1.165) is 29.5 Å². The Bertz CT molecular complexity index is 647. The zero-order chi connectivity index (χ0) is 15.2. The number of nitrogens with zero attached hydrogens (tertiary/aromatic N) is 1. The summed E-state index contributed by atoms with van der Waals surface area (Å²) < 4.78 is 0. The minimum atomic E-state index is 0.132. The smallest absolute Gasteiger partial charge is 0.220 e. The van der Waals surface area contributed by atoms with Crippen molar-refractivity contribution in [2.75, 3.05) is 0 Å². The molecule has 2 aromatic rings. The van der Waals surface area contributed by atoms with Gasteiger partial charge in [0.2, 0.25) is 5.91 Å². The van der Waals surface area contributed by atoms with Gasteiger partial charge in [-0.3, -0.25) is 9.78 Å². The summed E-state index contributed by atoms with van der Waals surface area (Å²) in [5, 5.41) is 3.00. The molecule has 0 fully saturated rings. The summed E-state index contributed by atoms with van der Waals surface area (Å²) in [5.74, 6) is 0.556. The lowest BCUT2D eigenvalue weighted by Gasteiger charge is -2.09. The van der Waals surface area contributed by atoms with E-state index in [2.05, 4.69) is 46.7 Å². The highest BCUT2D eigenvalue weighted by molar-refractivity contribution is 5.76. The van der Waals surface area contributed by atoms with Crippen LogP contribution < -0.4 is 5.32 Å². The van der Waals surface area contributed by atoms with Gasteiger partial charge in [0, 0.05) is 25.4 Å². The van der Waals surface area contributed by atoms with E-state index in [1.54, 1.807) is 6.20 Å². The number of hydrogen-bond donors (Lipinski definition) is 1. The molecule has 0 radical (unpaired) electrons. The summed E-state index contributed by atoms with van der Waals surface area (Å²) in [7, 11) is 0. The molecule has 3 nitrogen and oxygen atoms in total. The lowest BCUT2D eigenvalue weighted by Crippen LogP contribution is -2.24. The maximum absolute atomic E-state index is 11.9. The quantitative estimate of drug-likeness (QED) is 0.853. The summed E-state index contributed by atoms with van der Waals surface area (Å²) >= 11 is 0. The first-order valence-corrected chi connectivity index (χ1v) is 7.74. The van der Waals surface area contributed by atoms with Crippen molar-refractivity contribution in [3.63, 3.8) is 0 Å². The van der Waals surface area contributed by atoms with Crippen LogP contribution in [0.15, 0.2) is 60.9 Å². The van der Waals surface area contributed by atoms with E-state index in [1.165, 1.54) is 0 Å². The van der Waals surface area contributed by atoms with E-state index in [4.69, 9.17) is 0 Å². The second kappa shape index (κ2) is 7.03. The fraction of sp³-hybridized carbons (Fsp3) is 0.263. The van der Waals surface area contributed by atoms with Crippen molar-refractivity contribution >= 4 is 5.91 Å². The molecule has 1 aliphatic rings. The first-order chi connectivity index (χ1) is 10.8. The zero-order valence-electron chi connectivity index (χ0n) is 12.5. The number of pyridine rings is 1. The predicted molar refractivity (Wildman–Crippen MR) is 88.0 cm³/mol. The van der Waals surface area contributed by atoms with Gasteiger partial charge in [-0.25, -0.2) is 0 Å². The molecule has 1 amide bonds. The van der Waals surface area contributed by atoms with Gasteiger partial charge in [-0.1, -0.05) is 42.5 Å². The van der Waals surface area contributed by atoms with Gasteiger partial charge in [-0.05, 0) is 41.5 Å². The third kappa shape index (κ3) is 3.82. The third-order valence-corrected chi connectivity index (χ3v) is 4.00. The first-order valence-electron chi connectivity index (χ1n) is 7.74. The van der Waals surface area contributed by atoms with Crippen molar-refractivity contribution in [2.45, 2.75) is 25.8 Å². The molecule has 3 heteroatoms. The van der Waals surface area contributed by atoms with E-state index in [1.807, 2.05) is 18.3 Å². The van der Waals surface area contributed by atoms with Crippen LogP contribution in [0.1, 0.15) is 24.8 Å². The molecule has 0 spiro atoms. The minimum absolute atomic E-state index is 0.132. The lowest BCUT2D eigenvalue weighted by molar-refractivity contribution is -0.121. The van der Waals surface area contributed by atoms with E-state index in [0.29, 0.717) is 18.9 Å². The standard InChI is InChI=1S/C19H20N2O/c22-19(12-15-4-1-2-5-15)21-13-16-7-9-17(10-8-16)18-6-3-11-20-14-18/h1,3-4,6-11,14-15H,2,5,12-13H2,(H,21,22). The number of carbonyl (C=O) groups is 1. The van der Waals surface area contributed by atoms with Gasteiger partial charge in [-0.2, -0.15) is 0 Å². The van der Waals surface area contributed by atoms with Gasteiger partial charge in [0.25, 0.3) is 0 Å². The van der Waals surface area contributed by atoms with Crippen molar-refractivity contribution in [1.82, 2.24) is 10.3 Å². The number of hydrogen-bond acceptors (Lipinski definition) is 2. The molecule has 1 heterocycles. The van der Waals surface area contributed by atoms with Crippen LogP contribution in [0.3, 0.4) is 0 Å². The molecule has 1 unspecified atom stereocenters. The summed E-state index contributed by atoms with van der Waals surface area (Å²) in [6, 6.07) is 12.2. The summed E-state index contributed by atoms with van der Waals surface area (Å²) in [5.41, 5.74) is 3.35. The van der Waals surface area contributed by atoms with Crippen molar-refractivity contribution in [1.29, 1.82) is 0 Å². The van der Waals surface area contributed by atoms with Gasteiger partial charge in [0.05, 0.1) is 0 Å². The van der Waals surface area contributed by atoms with E-state index >= 15 is 0 Å². The number of rotatable bonds is 5. The summed E-state index contributed by atoms with van der Waals surface area (Å²) in [4.78, 5) is 16.0. The number of aromatic nitrogens is 1. The van der Waals surface area contributed by atoms with Crippen LogP contribution in [0.25, 0.3) is 11.1 Å². The number of benzene rings is 1. The number of allylic oxidation sites excluding steroid dienone is 2. The largest absolute Gasteiger partial charge is 0.352 e. The highest BCUT2D eigenvalue weighted by atomic mass is 16.1. The molecule has 0 aliphatic heterocycles. The molecular formula is C19H20N2O. The molecule has 1 aliphatic carbocycles. The molecular weight excluding hydrogens is 272 g/mol. The van der Waals surface area contributed by atoms with Gasteiger partial charge < -0.3 is 5.32 Å². The molecule has 1 atom stereocenters. The van der Waals surface area contributed by atoms with Gasteiger partial charge in [0.1, 0.15) is 0 Å². The monoisotopic (exact) mass is 292 g/mol. The fourth-order valence-corrected chi connectivity index (χ4v) is 2.72. The zero-order valence-corrected chi connectivity index (χ0v) is 12.5. The molecule has 0 saturated carbocycles. The number of amides is 1. The average molecular weight is 292 g/mol. The Morgan fingerprint density at radius 2 is 2.05 bits per heavy atom. The third-order valence-electron chi connectivity index (χ3n) is 4.00. The van der Waals surface area contributed by atoms with Crippen molar-refractivity contribution in [2.24, 2.45) is 5.92 Å². The molecule has 1 N–H and O–H groups in total. The highest BCUT2D eigenvalue weighted by Gasteiger charge is 2.13. The lowest BCUT2D eigenvalue weighted by atomic mass is 10.0. The summed E-state index contributed by atoms with van der Waals surface area (Å²) in [6.07, 6.45) is 10.8. The Morgan fingerprint density at radius 1 is 1.18 bits per heavy atom. The normalized spacial score (nSPS) is 16.6. The summed E-state index contributed by atoms with van der Waals surface area (Å²) in [6.45, 7) is 0.586. The molecule has 0 bridgehead atoms. The van der Waals surface area contributed by atoms with Crippen LogP contribution in [-0.4, -0.2) is 10.9 Å². The van der Waals surface area contributed by atoms with Gasteiger partial charge in [-0.15, -0.1) is 0 Å². The van der Waals surface area contributed by atoms with Crippen molar-refractivity contribution in [3.05, 3.63) is 66.5 Å². The second-order valence-corrected chi connectivity index (χ2v) is 5.69. The van der Waals surface area contributed by atoms with Crippen LogP contribution in [0.2, 0.25) is 0 Å². The fourth-order valence-electron chi connectivity index (χ4n) is 2.72. The molecule has 112 valence electrons. The second-order valence-electron chi connectivity index (χ2n) is 5.69. The molecule has 0 saturated heterocycles. The Hall–Kier alpha value is -2.42. The Kier molecular flexibility index (Phi) is 4.64. The maximum atomic E-state index is 11.9. The predicted octanol–water partition coefficient (Wildman–Crippen LogP) is 3.72. The molecule has 1 aromatic carbocycles. The van der Waals surface area contributed by atoms with Crippen molar-refractivity contribution in [3.8, 4) is 11.1 Å². The van der Waals surface area contributed by atoms with Crippen molar-refractivity contribution < 1.29 is 4.79 Å². The SMILES string of the molecule is O=C(CC1C=CCC1)NCc1ccc(-c2cccnc2)cc1. The van der Waals surface area contributed by atoms with E-state index < -0.39 is 0 Å². The first kappa shape index (κ1) is 14.5. The Balaban J connectivity index is 1.53. The van der Waals surface area contributed by atoms with Gasteiger partial charge in [0.15, 0.2) is 0 Å². The average Bonchev–Trinajstić information content (AvgIpc) is 3.07. The van der Waals surface area contributed by atoms with Gasteiger partial charge >= 0.3 is 0 Å². The Morgan fingerprint density at radius 3 is 2.73 bits per heavy atom. The van der Waals surface area contributed by atoms with Crippen LogP contribution in [0.5, 0.6) is 0 Å². The van der Waals surface area contributed by atoms with Crippen LogP contribution in [-0.2, 0) is 11.3 Å². The molecule has 22 heavy (non-hydrogen) atoms. The van der Waals surface area contributed by atoms with E-state index in [9.17, 15) is 4.79 Å². The van der Waals surface area contributed by atoms with Crippen LogP contribution >= 0.6 is 0 Å². The topological polar surface area (TPSA) is 42.0 Å². The number of carbonyl (C=O) groups excluding carboxylic acids is 1. The van der Waals surface area contributed by atoms with Crippen LogP contribution in [0, 0.1) is 5.92 Å². The number of nitrogens with one attached hydrogen (secondary N) is 1. The maximum Gasteiger partial charge on any atom is 0.220 e. The molecule has 1 aromatic heterocycles. The highest BCUT2D eigenvalue weighted by Crippen LogP contribution is 2.20. The van der Waals surface area contributed by atoms with E-state index in [-0.39, 0.29) is 5.91 Å².